The molecule has 0 saturated carbocycles. The number of likely N-dealkylation sites (N-methyl/N-ethyl adjacent to an activating group) is 1. The summed E-state index contributed by atoms with van der Waals surface area (Å²) >= 11 is 1.56. The average Bonchev–Trinajstić information content (AvgIpc) is 2.84. The van der Waals surface area contributed by atoms with Gasteiger partial charge < -0.3 is 5.11 Å². The number of carbonyl (C=O) groups is 1. The predicted molar refractivity (Wildman–Crippen MR) is 82.3 cm³/mol. The Morgan fingerprint density at radius 2 is 2.25 bits per heavy atom. The summed E-state index contributed by atoms with van der Waals surface area (Å²) in [6.45, 7) is 10.0. The van der Waals surface area contributed by atoms with Gasteiger partial charge in [0.05, 0.1) is 0 Å². The average molecular weight is 296 g/mol. The molecule has 0 bridgehead atoms. The van der Waals surface area contributed by atoms with Gasteiger partial charge in [0, 0.05) is 30.6 Å². The molecule has 5 heteroatoms. The molecular formula is C15H24N2O2S. The van der Waals surface area contributed by atoms with E-state index < -0.39 is 12.0 Å². The van der Waals surface area contributed by atoms with Crippen molar-refractivity contribution in [2.24, 2.45) is 0 Å². The summed E-state index contributed by atoms with van der Waals surface area (Å²) in [6.07, 6.45) is 1.07. The topological polar surface area (TPSA) is 43.8 Å². The van der Waals surface area contributed by atoms with Crippen molar-refractivity contribution in [2.45, 2.75) is 39.3 Å². The molecule has 1 aromatic rings. The van der Waals surface area contributed by atoms with Gasteiger partial charge in [-0.15, -0.1) is 11.3 Å². The van der Waals surface area contributed by atoms with E-state index in [-0.39, 0.29) is 0 Å². The Labute approximate surface area is 125 Å². The second-order valence-electron chi connectivity index (χ2n) is 5.39. The Kier molecular flexibility index (Phi) is 5.18. The molecule has 2 unspecified atom stereocenters. The van der Waals surface area contributed by atoms with Gasteiger partial charge in [0.1, 0.15) is 6.04 Å². The summed E-state index contributed by atoms with van der Waals surface area (Å²) < 4.78 is 0. The molecule has 1 saturated heterocycles. The highest BCUT2D eigenvalue weighted by molar-refractivity contribution is 7.10. The smallest absolute Gasteiger partial charge is 0.326 e. The molecule has 1 aromatic heterocycles. The fourth-order valence-electron chi connectivity index (χ4n) is 3.05. The Hall–Kier alpha value is -0.910. The quantitative estimate of drug-likeness (QED) is 0.907. The Balaban J connectivity index is 2.19. The standard InChI is InChI=1S/C15H24N2O2S/c1-4-12-10-17(8-7-16(12)5-2)13(15(18)19)14-11(3)6-9-20-14/h6,9,12-13H,4-5,7-8,10H2,1-3H3,(H,18,19). The van der Waals surface area contributed by atoms with Crippen molar-refractivity contribution < 1.29 is 9.90 Å². The third kappa shape index (κ3) is 3.05. The zero-order valence-electron chi connectivity index (χ0n) is 12.5. The van der Waals surface area contributed by atoms with E-state index in [2.05, 4.69) is 23.6 Å². The number of piperazine rings is 1. The molecule has 0 aromatic carbocycles. The second kappa shape index (κ2) is 6.70. The summed E-state index contributed by atoms with van der Waals surface area (Å²) in [7, 11) is 0. The molecular weight excluding hydrogens is 272 g/mol. The lowest BCUT2D eigenvalue weighted by Crippen LogP contribution is -2.54. The van der Waals surface area contributed by atoms with Crippen molar-refractivity contribution in [3.05, 3.63) is 21.9 Å². The van der Waals surface area contributed by atoms with Gasteiger partial charge in [-0.05, 0) is 36.9 Å². The SMILES string of the molecule is CCC1CN(C(C(=O)O)c2sccc2C)CCN1CC. The van der Waals surface area contributed by atoms with Gasteiger partial charge in [0.25, 0.3) is 0 Å². The van der Waals surface area contributed by atoms with E-state index in [0.29, 0.717) is 6.04 Å². The summed E-state index contributed by atoms with van der Waals surface area (Å²) in [4.78, 5) is 17.3. The van der Waals surface area contributed by atoms with E-state index in [4.69, 9.17) is 0 Å². The van der Waals surface area contributed by atoms with Crippen molar-refractivity contribution in [1.82, 2.24) is 9.80 Å². The molecule has 20 heavy (non-hydrogen) atoms. The first-order valence-corrected chi connectivity index (χ1v) is 8.21. The van der Waals surface area contributed by atoms with Crippen molar-refractivity contribution in [1.29, 1.82) is 0 Å². The van der Waals surface area contributed by atoms with Crippen LogP contribution in [0.15, 0.2) is 11.4 Å². The lowest BCUT2D eigenvalue weighted by molar-refractivity contribution is -0.144. The van der Waals surface area contributed by atoms with Crippen LogP contribution < -0.4 is 0 Å². The van der Waals surface area contributed by atoms with Crippen LogP contribution in [0.3, 0.4) is 0 Å². The number of carboxylic acid groups (broad SMARTS) is 1. The van der Waals surface area contributed by atoms with Crippen molar-refractivity contribution in [3.63, 3.8) is 0 Å². The highest BCUT2D eigenvalue weighted by Crippen LogP contribution is 2.31. The van der Waals surface area contributed by atoms with Crippen LogP contribution in [-0.2, 0) is 4.79 Å². The first kappa shape index (κ1) is 15.5. The van der Waals surface area contributed by atoms with E-state index >= 15 is 0 Å². The van der Waals surface area contributed by atoms with Gasteiger partial charge in [-0.1, -0.05) is 13.8 Å². The fourth-order valence-corrected chi connectivity index (χ4v) is 4.11. The molecule has 2 atom stereocenters. The lowest BCUT2D eigenvalue weighted by Gasteiger charge is -2.42. The Bertz CT molecular complexity index is 460. The van der Waals surface area contributed by atoms with Gasteiger partial charge in [0.2, 0.25) is 0 Å². The largest absolute Gasteiger partial charge is 0.480 e. The fraction of sp³-hybridized carbons (Fsp3) is 0.667. The van der Waals surface area contributed by atoms with Crippen LogP contribution in [-0.4, -0.2) is 53.1 Å². The summed E-state index contributed by atoms with van der Waals surface area (Å²) in [6, 6.07) is 1.99. The monoisotopic (exact) mass is 296 g/mol. The maximum Gasteiger partial charge on any atom is 0.326 e. The third-order valence-electron chi connectivity index (χ3n) is 4.26. The molecule has 0 aliphatic carbocycles. The Morgan fingerprint density at radius 1 is 1.50 bits per heavy atom. The van der Waals surface area contributed by atoms with Crippen LogP contribution in [0, 0.1) is 6.92 Å². The third-order valence-corrected chi connectivity index (χ3v) is 5.33. The highest BCUT2D eigenvalue weighted by Gasteiger charge is 2.34. The first-order valence-electron chi connectivity index (χ1n) is 7.33. The van der Waals surface area contributed by atoms with Crippen LogP contribution in [0.5, 0.6) is 0 Å². The summed E-state index contributed by atoms with van der Waals surface area (Å²) in [5, 5.41) is 11.6. The van der Waals surface area contributed by atoms with E-state index in [1.165, 1.54) is 0 Å². The summed E-state index contributed by atoms with van der Waals surface area (Å²) in [5.74, 6) is -0.727. The molecule has 1 aliphatic heterocycles. The molecule has 2 heterocycles. The second-order valence-corrected chi connectivity index (χ2v) is 6.34. The van der Waals surface area contributed by atoms with Crippen molar-refractivity contribution in [3.8, 4) is 0 Å². The zero-order chi connectivity index (χ0) is 14.7. The predicted octanol–water partition coefficient (Wildman–Crippen LogP) is 2.60. The maximum atomic E-state index is 11.7. The molecule has 4 nitrogen and oxygen atoms in total. The van der Waals surface area contributed by atoms with Gasteiger partial charge in [0.15, 0.2) is 0 Å². The van der Waals surface area contributed by atoms with Crippen LogP contribution in [0.4, 0.5) is 0 Å². The molecule has 0 amide bonds. The normalized spacial score (nSPS) is 22.9. The van der Waals surface area contributed by atoms with E-state index in [1.807, 2.05) is 18.4 Å². The minimum absolute atomic E-state index is 0.468. The van der Waals surface area contributed by atoms with Crippen molar-refractivity contribution >= 4 is 17.3 Å². The number of thiophene rings is 1. The lowest BCUT2D eigenvalue weighted by atomic mass is 10.0. The molecule has 1 fully saturated rings. The zero-order valence-corrected chi connectivity index (χ0v) is 13.3. The molecule has 1 aliphatic rings. The van der Waals surface area contributed by atoms with Gasteiger partial charge in [-0.25, -0.2) is 0 Å². The van der Waals surface area contributed by atoms with Gasteiger partial charge in [-0.3, -0.25) is 14.6 Å². The minimum atomic E-state index is -0.727. The number of aryl methyl sites for hydroxylation is 1. The molecule has 112 valence electrons. The number of hydrogen-bond donors (Lipinski definition) is 1. The van der Waals surface area contributed by atoms with Crippen LogP contribution in [0.1, 0.15) is 36.8 Å². The van der Waals surface area contributed by atoms with Crippen LogP contribution in [0.25, 0.3) is 0 Å². The Morgan fingerprint density at radius 3 is 2.75 bits per heavy atom. The number of carboxylic acids is 1. The minimum Gasteiger partial charge on any atom is -0.480 e. The molecule has 1 N–H and O–H groups in total. The van der Waals surface area contributed by atoms with Crippen molar-refractivity contribution in [2.75, 3.05) is 26.2 Å². The van der Waals surface area contributed by atoms with E-state index in [1.54, 1.807) is 11.3 Å². The van der Waals surface area contributed by atoms with Crippen LogP contribution >= 0.6 is 11.3 Å². The van der Waals surface area contributed by atoms with E-state index in [0.717, 1.165) is 43.0 Å². The highest BCUT2D eigenvalue weighted by atomic mass is 32.1. The van der Waals surface area contributed by atoms with E-state index in [9.17, 15) is 9.90 Å². The number of aliphatic carboxylic acids is 1. The molecule has 0 spiro atoms. The maximum absolute atomic E-state index is 11.7. The number of hydrogen-bond acceptors (Lipinski definition) is 4. The number of rotatable bonds is 5. The van der Waals surface area contributed by atoms with Crippen LogP contribution in [0.2, 0.25) is 0 Å². The molecule has 0 radical (unpaired) electrons. The first-order chi connectivity index (χ1) is 9.58. The number of nitrogens with zero attached hydrogens (tertiary/aromatic N) is 2. The molecule has 2 rings (SSSR count). The van der Waals surface area contributed by atoms with Gasteiger partial charge >= 0.3 is 5.97 Å². The van der Waals surface area contributed by atoms with Gasteiger partial charge in [-0.2, -0.15) is 0 Å². The summed E-state index contributed by atoms with van der Waals surface area (Å²) in [5.41, 5.74) is 1.09.